The predicted molar refractivity (Wildman–Crippen MR) is 83.8 cm³/mol. The fraction of sp³-hybridized carbons (Fsp3) is 0.250. The molecule has 0 aliphatic heterocycles. The molecule has 0 radical (unpaired) electrons. The SMILES string of the molecule is COCCNc1cncc(C(=O)N(C)c2ccccc2)c1. The highest BCUT2D eigenvalue weighted by Gasteiger charge is 2.13. The van der Waals surface area contributed by atoms with Crippen LogP contribution in [0.15, 0.2) is 48.8 Å². The molecule has 0 atom stereocenters. The van der Waals surface area contributed by atoms with E-state index in [1.165, 1.54) is 0 Å². The van der Waals surface area contributed by atoms with Crippen molar-refractivity contribution in [3.8, 4) is 0 Å². The third-order valence-electron chi connectivity index (χ3n) is 3.07. The van der Waals surface area contributed by atoms with Gasteiger partial charge in [-0.15, -0.1) is 0 Å². The van der Waals surface area contributed by atoms with Gasteiger partial charge >= 0.3 is 0 Å². The number of amides is 1. The van der Waals surface area contributed by atoms with Gasteiger partial charge in [-0.05, 0) is 18.2 Å². The van der Waals surface area contributed by atoms with E-state index in [9.17, 15) is 4.79 Å². The summed E-state index contributed by atoms with van der Waals surface area (Å²) in [6.07, 6.45) is 3.26. The Labute approximate surface area is 124 Å². The van der Waals surface area contributed by atoms with Crippen LogP contribution in [0.25, 0.3) is 0 Å². The van der Waals surface area contributed by atoms with Gasteiger partial charge in [0, 0.05) is 38.8 Å². The molecule has 0 bridgehead atoms. The highest BCUT2D eigenvalue weighted by atomic mass is 16.5. The largest absolute Gasteiger partial charge is 0.383 e. The number of anilines is 2. The lowest BCUT2D eigenvalue weighted by Gasteiger charge is -2.17. The first kappa shape index (κ1) is 15.0. The number of carbonyl (C=O) groups is 1. The Kier molecular flexibility index (Phi) is 5.29. The fourth-order valence-electron chi connectivity index (χ4n) is 1.91. The van der Waals surface area contributed by atoms with Gasteiger partial charge in [-0.3, -0.25) is 9.78 Å². The van der Waals surface area contributed by atoms with Gasteiger partial charge in [0.2, 0.25) is 0 Å². The van der Waals surface area contributed by atoms with Crippen LogP contribution in [0.5, 0.6) is 0 Å². The van der Waals surface area contributed by atoms with Gasteiger partial charge in [-0.1, -0.05) is 18.2 Å². The van der Waals surface area contributed by atoms with Gasteiger partial charge in [-0.25, -0.2) is 0 Å². The second-order valence-electron chi connectivity index (χ2n) is 4.58. The minimum Gasteiger partial charge on any atom is -0.383 e. The van der Waals surface area contributed by atoms with E-state index in [0.29, 0.717) is 18.7 Å². The van der Waals surface area contributed by atoms with E-state index >= 15 is 0 Å². The van der Waals surface area contributed by atoms with Crippen molar-refractivity contribution in [1.29, 1.82) is 0 Å². The molecule has 0 fully saturated rings. The molecule has 0 unspecified atom stereocenters. The van der Waals surface area contributed by atoms with Crippen LogP contribution in [0.1, 0.15) is 10.4 Å². The Balaban J connectivity index is 2.10. The van der Waals surface area contributed by atoms with Crippen molar-refractivity contribution < 1.29 is 9.53 Å². The van der Waals surface area contributed by atoms with E-state index in [0.717, 1.165) is 11.4 Å². The zero-order valence-electron chi connectivity index (χ0n) is 12.2. The summed E-state index contributed by atoms with van der Waals surface area (Å²) in [4.78, 5) is 18.2. The molecule has 2 aromatic rings. The number of nitrogens with zero attached hydrogens (tertiary/aromatic N) is 2. The van der Waals surface area contributed by atoms with Crippen molar-refractivity contribution in [3.05, 3.63) is 54.4 Å². The molecular formula is C16H19N3O2. The molecule has 1 N–H and O–H groups in total. The van der Waals surface area contributed by atoms with Gasteiger partial charge in [0.05, 0.1) is 17.9 Å². The first-order chi connectivity index (χ1) is 10.2. The molecule has 110 valence electrons. The number of pyridine rings is 1. The van der Waals surface area contributed by atoms with Crippen molar-refractivity contribution >= 4 is 17.3 Å². The first-order valence-electron chi connectivity index (χ1n) is 6.73. The van der Waals surface area contributed by atoms with E-state index in [2.05, 4.69) is 10.3 Å². The molecule has 0 spiro atoms. The molecule has 21 heavy (non-hydrogen) atoms. The number of carbonyl (C=O) groups excluding carboxylic acids is 1. The maximum atomic E-state index is 12.5. The zero-order chi connectivity index (χ0) is 15.1. The van der Waals surface area contributed by atoms with E-state index in [-0.39, 0.29) is 5.91 Å². The number of methoxy groups -OCH3 is 1. The lowest BCUT2D eigenvalue weighted by Crippen LogP contribution is -2.26. The van der Waals surface area contributed by atoms with Crippen LogP contribution in [-0.2, 0) is 4.74 Å². The monoisotopic (exact) mass is 285 g/mol. The minimum absolute atomic E-state index is 0.0934. The minimum atomic E-state index is -0.0934. The van der Waals surface area contributed by atoms with Gasteiger partial charge in [0.1, 0.15) is 0 Å². The van der Waals surface area contributed by atoms with Crippen molar-refractivity contribution in [2.24, 2.45) is 0 Å². The second kappa shape index (κ2) is 7.40. The number of hydrogen-bond donors (Lipinski definition) is 1. The number of rotatable bonds is 6. The molecule has 1 heterocycles. The van der Waals surface area contributed by atoms with Crippen LogP contribution < -0.4 is 10.2 Å². The molecular weight excluding hydrogens is 266 g/mol. The lowest BCUT2D eigenvalue weighted by atomic mass is 10.2. The summed E-state index contributed by atoms with van der Waals surface area (Å²) < 4.78 is 4.98. The van der Waals surface area contributed by atoms with E-state index in [1.807, 2.05) is 30.3 Å². The van der Waals surface area contributed by atoms with Crippen molar-refractivity contribution in [3.63, 3.8) is 0 Å². The van der Waals surface area contributed by atoms with Gasteiger partial charge in [0.15, 0.2) is 0 Å². The van der Waals surface area contributed by atoms with Gasteiger partial charge < -0.3 is 15.0 Å². The molecule has 2 rings (SSSR count). The quantitative estimate of drug-likeness (QED) is 0.828. The third-order valence-corrected chi connectivity index (χ3v) is 3.07. The summed E-state index contributed by atoms with van der Waals surface area (Å²) in [5.41, 5.74) is 2.20. The van der Waals surface area contributed by atoms with Crippen molar-refractivity contribution in [1.82, 2.24) is 4.98 Å². The first-order valence-corrected chi connectivity index (χ1v) is 6.73. The van der Waals surface area contributed by atoms with E-state index in [4.69, 9.17) is 4.74 Å². The van der Waals surface area contributed by atoms with Crippen molar-refractivity contribution in [2.75, 3.05) is 37.5 Å². The fourth-order valence-corrected chi connectivity index (χ4v) is 1.91. The van der Waals surface area contributed by atoms with Gasteiger partial charge in [0.25, 0.3) is 5.91 Å². The Hall–Kier alpha value is -2.40. The molecule has 5 nitrogen and oxygen atoms in total. The van der Waals surface area contributed by atoms with Gasteiger partial charge in [-0.2, -0.15) is 0 Å². The van der Waals surface area contributed by atoms with Crippen LogP contribution in [-0.4, -0.2) is 38.2 Å². The molecule has 0 saturated carbocycles. The highest BCUT2D eigenvalue weighted by Crippen LogP contribution is 2.16. The number of aromatic nitrogens is 1. The summed E-state index contributed by atoms with van der Waals surface area (Å²) in [5, 5.41) is 3.16. The normalized spacial score (nSPS) is 10.2. The summed E-state index contributed by atoms with van der Waals surface area (Å²) in [6, 6.07) is 11.3. The van der Waals surface area contributed by atoms with Crippen LogP contribution >= 0.6 is 0 Å². The summed E-state index contributed by atoms with van der Waals surface area (Å²) in [7, 11) is 3.40. The smallest absolute Gasteiger partial charge is 0.259 e. The Morgan fingerprint density at radius 3 is 2.76 bits per heavy atom. The average Bonchev–Trinajstić information content (AvgIpc) is 2.55. The maximum absolute atomic E-state index is 12.5. The van der Waals surface area contributed by atoms with Crippen molar-refractivity contribution in [2.45, 2.75) is 0 Å². The number of ether oxygens (including phenoxy) is 1. The molecule has 1 amide bonds. The van der Waals surface area contributed by atoms with Crippen LogP contribution in [0, 0.1) is 0 Å². The Morgan fingerprint density at radius 1 is 1.29 bits per heavy atom. The molecule has 5 heteroatoms. The van der Waals surface area contributed by atoms with Crippen LogP contribution in [0.3, 0.4) is 0 Å². The third kappa shape index (κ3) is 4.03. The topological polar surface area (TPSA) is 54.5 Å². The van der Waals surface area contributed by atoms with E-state index in [1.54, 1.807) is 37.5 Å². The standard InChI is InChI=1S/C16H19N3O2/c1-19(15-6-4-3-5-7-15)16(20)13-10-14(12-17-11-13)18-8-9-21-2/h3-7,10-12,18H,8-9H2,1-2H3. The summed E-state index contributed by atoms with van der Waals surface area (Å²) >= 11 is 0. The highest BCUT2D eigenvalue weighted by molar-refractivity contribution is 6.05. The van der Waals surface area contributed by atoms with Crippen LogP contribution in [0.4, 0.5) is 11.4 Å². The molecule has 1 aromatic heterocycles. The zero-order valence-corrected chi connectivity index (χ0v) is 12.2. The number of hydrogen-bond acceptors (Lipinski definition) is 4. The predicted octanol–water partition coefficient (Wildman–Crippen LogP) is 2.42. The lowest BCUT2D eigenvalue weighted by molar-refractivity contribution is 0.0992. The summed E-state index contributed by atoms with van der Waals surface area (Å²) in [6.45, 7) is 1.27. The van der Waals surface area contributed by atoms with E-state index < -0.39 is 0 Å². The molecule has 1 aromatic carbocycles. The molecule has 0 saturated heterocycles. The molecule has 0 aliphatic rings. The average molecular weight is 285 g/mol. The summed E-state index contributed by atoms with van der Waals surface area (Å²) in [5.74, 6) is -0.0934. The molecule has 0 aliphatic carbocycles. The van der Waals surface area contributed by atoms with Crippen LogP contribution in [0.2, 0.25) is 0 Å². The second-order valence-corrected chi connectivity index (χ2v) is 4.58. The number of benzene rings is 1. The maximum Gasteiger partial charge on any atom is 0.259 e. The Bertz CT molecular complexity index is 587. The number of para-hydroxylation sites is 1. The number of nitrogens with one attached hydrogen (secondary N) is 1. The Morgan fingerprint density at radius 2 is 2.05 bits per heavy atom.